The van der Waals surface area contributed by atoms with Gasteiger partial charge >= 0.3 is 5.97 Å². The molecule has 1 aromatic heterocycles. The van der Waals surface area contributed by atoms with Crippen molar-refractivity contribution in [1.29, 1.82) is 0 Å². The molecular formula is C19H24BrNO5S. The molecule has 2 rings (SSSR count). The smallest absolute Gasteiger partial charge is 0.307 e. The molecule has 27 heavy (non-hydrogen) atoms. The molecule has 0 aliphatic carbocycles. The van der Waals surface area contributed by atoms with Crippen LogP contribution in [0.4, 0.5) is 0 Å². The Labute approximate surface area is 171 Å². The molecular weight excluding hydrogens is 434 g/mol. The second-order valence-corrected chi connectivity index (χ2v) is 7.44. The Balaban J connectivity index is 2.10. The number of nitrogens with one attached hydrogen (secondary N) is 1. The molecule has 0 radical (unpaired) electrons. The fourth-order valence-electron chi connectivity index (χ4n) is 2.55. The molecule has 0 aliphatic heterocycles. The molecule has 0 saturated carbocycles. The third-order valence-electron chi connectivity index (χ3n) is 4.01. The third kappa shape index (κ3) is 5.35. The van der Waals surface area contributed by atoms with Crippen LogP contribution < -0.4 is 14.8 Å². The summed E-state index contributed by atoms with van der Waals surface area (Å²) >= 11 is 4.85. The van der Waals surface area contributed by atoms with Crippen molar-refractivity contribution in [1.82, 2.24) is 5.32 Å². The fourth-order valence-corrected chi connectivity index (χ4v) is 4.47. The number of halogens is 1. The van der Waals surface area contributed by atoms with Crippen LogP contribution in [0, 0.1) is 0 Å². The van der Waals surface area contributed by atoms with Crippen molar-refractivity contribution < 1.29 is 23.8 Å². The van der Waals surface area contributed by atoms with Gasteiger partial charge in [0.15, 0.2) is 11.5 Å². The van der Waals surface area contributed by atoms with E-state index in [1.54, 1.807) is 14.2 Å². The molecule has 0 spiro atoms. The van der Waals surface area contributed by atoms with Crippen LogP contribution in [0.2, 0.25) is 0 Å². The van der Waals surface area contributed by atoms with Gasteiger partial charge in [-0.15, -0.1) is 11.3 Å². The number of benzene rings is 1. The minimum absolute atomic E-state index is 0.158. The Hall–Kier alpha value is -1.80. The Bertz CT molecular complexity index is 805. The van der Waals surface area contributed by atoms with Crippen LogP contribution in [0.3, 0.4) is 0 Å². The number of carbonyl (C=O) groups is 2. The zero-order chi connectivity index (χ0) is 19.8. The summed E-state index contributed by atoms with van der Waals surface area (Å²) in [7, 11) is 3.16. The number of ether oxygens (including phenoxy) is 3. The molecule has 2 aromatic rings. The van der Waals surface area contributed by atoms with Crippen molar-refractivity contribution in [2.75, 3.05) is 27.4 Å². The minimum Gasteiger partial charge on any atom is -0.493 e. The lowest BCUT2D eigenvalue weighted by molar-refractivity contribution is -0.143. The number of hydrogen-bond acceptors (Lipinski definition) is 6. The predicted molar refractivity (Wildman–Crippen MR) is 110 cm³/mol. The zero-order valence-electron chi connectivity index (χ0n) is 15.7. The molecule has 1 N–H and O–H groups in total. The first-order chi connectivity index (χ1) is 13.0. The molecule has 0 bridgehead atoms. The highest BCUT2D eigenvalue weighted by molar-refractivity contribution is 9.08. The normalized spacial score (nSPS) is 10.7. The van der Waals surface area contributed by atoms with Crippen molar-refractivity contribution in [2.24, 2.45) is 0 Å². The van der Waals surface area contributed by atoms with E-state index in [1.807, 2.05) is 19.1 Å². The summed E-state index contributed by atoms with van der Waals surface area (Å²) in [6.45, 7) is 2.70. The van der Waals surface area contributed by atoms with E-state index in [9.17, 15) is 9.59 Å². The minimum atomic E-state index is -0.296. The number of esters is 1. The molecule has 0 saturated heterocycles. The summed E-state index contributed by atoms with van der Waals surface area (Å²) in [5.74, 6) is 0.737. The summed E-state index contributed by atoms with van der Waals surface area (Å²) in [6.07, 6.45) is 1.98. The first-order valence-corrected chi connectivity index (χ1v) is 10.7. The van der Waals surface area contributed by atoms with Crippen LogP contribution in [0.5, 0.6) is 11.5 Å². The maximum absolute atomic E-state index is 12.6. The highest BCUT2D eigenvalue weighted by Gasteiger charge is 2.20. The molecule has 148 valence electrons. The summed E-state index contributed by atoms with van der Waals surface area (Å²) in [4.78, 5) is 24.9. The number of amides is 1. The second-order valence-electron chi connectivity index (χ2n) is 5.83. The van der Waals surface area contributed by atoms with E-state index in [4.69, 9.17) is 14.2 Å². The van der Waals surface area contributed by atoms with Gasteiger partial charge in [-0.2, -0.15) is 0 Å². The van der Waals surface area contributed by atoms with E-state index in [1.165, 1.54) is 11.3 Å². The van der Waals surface area contributed by atoms with Crippen molar-refractivity contribution in [3.8, 4) is 11.5 Å². The van der Waals surface area contributed by atoms with Crippen molar-refractivity contribution in [3.05, 3.63) is 22.6 Å². The fraction of sp³-hybridized carbons (Fsp3) is 0.474. The topological polar surface area (TPSA) is 73.9 Å². The highest BCUT2D eigenvalue weighted by atomic mass is 79.9. The lowest BCUT2D eigenvalue weighted by atomic mass is 10.1. The quantitative estimate of drug-likeness (QED) is 0.327. The summed E-state index contributed by atoms with van der Waals surface area (Å²) in [5, 5.41) is 4.28. The number of rotatable bonds is 10. The first kappa shape index (κ1) is 21.5. The van der Waals surface area contributed by atoms with Gasteiger partial charge in [0.05, 0.1) is 32.1 Å². The van der Waals surface area contributed by atoms with Crippen molar-refractivity contribution in [2.45, 2.75) is 31.5 Å². The van der Waals surface area contributed by atoms with Crippen LogP contribution >= 0.6 is 27.3 Å². The molecule has 6 nitrogen and oxygen atoms in total. The van der Waals surface area contributed by atoms with Crippen LogP contribution in [0.15, 0.2) is 12.1 Å². The average Bonchev–Trinajstić information content (AvgIpc) is 3.04. The van der Waals surface area contributed by atoms with E-state index in [2.05, 4.69) is 21.2 Å². The first-order valence-electron chi connectivity index (χ1n) is 8.72. The maximum atomic E-state index is 12.6. The van der Waals surface area contributed by atoms with Gasteiger partial charge in [0.25, 0.3) is 5.91 Å². The molecule has 1 aromatic carbocycles. The number of alkyl halides is 1. The van der Waals surface area contributed by atoms with Crippen LogP contribution in [-0.4, -0.2) is 39.2 Å². The van der Waals surface area contributed by atoms with E-state index >= 15 is 0 Å². The van der Waals surface area contributed by atoms with Gasteiger partial charge in [0, 0.05) is 28.0 Å². The SMILES string of the molecule is CCCCOC(=O)CCNC(=O)c1sc2cc(OC)c(OC)cc2c1CBr. The van der Waals surface area contributed by atoms with E-state index in [-0.39, 0.29) is 24.8 Å². The Morgan fingerprint density at radius 2 is 1.89 bits per heavy atom. The summed E-state index contributed by atoms with van der Waals surface area (Å²) < 4.78 is 16.7. The monoisotopic (exact) mass is 457 g/mol. The number of methoxy groups -OCH3 is 2. The predicted octanol–water partition coefficient (Wildman–Crippen LogP) is 4.28. The molecule has 1 amide bonds. The molecule has 0 aliphatic rings. The van der Waals surface area contributed by atoms with Crippen molar-refractivity contribution >= 4 is 49.2 Å². The molecule has 0 unspecified atom stereocenters. The van der Waals surface area contributed by atoms with Crippen LogP contribution in [0.1, 0.15) is 41.4 Å². The third-order valence-corrected chi connectivity index (χ3v) is 5.77. The lowest BCUT2D eigenvalue weighted by Gasteiger charge is -2.08. The van der Waals surface area contributed by atoms with Crippen LogP contribution in [-0.2, 0) is 14.9 Å². The van der Waals surface area contributed by atoms with Crippen molar-refractivity contribution in [3.63, 3.8) is 0 Å². The van der Waals surface area contributed by atoms with Gasteiger partial charge < -0.3 is 19.5 Å². The lowest BCUT2D eigenvalue weighted by Crippen LogP contribution is -2.26. The van der Waals surface area contributed by atoms with Gasteiger partial charge in [0.1, 0.15) is 0 Å². The second kappa shape index (κ2) is 10.5. The summed E-state index contributed by atoms with van der Waals surface area (Å²) in [6, 6.07) is 3.75. The molecule has 8 heteroatoms. The molecule has 1 heterocycles. The van der Waals surface area contributed by atoms with E-state index in [0.717, 1.165) is 28.5 Å². The average molecular weight is 458 g/mol. The van der Waals surface area contributed by atoms with Gasteiger partial charge in [0.2, 0.25) is 0 Å². The maximum Gasteiger partial charge on any atom is 0.307 e. The van der Waals surface area contributed by atoms with Crippen LogP contribution in [0.25, 0.3) is 10.1 Å². The highest BCUT2D eigenvalue weighted by Crippen LogP contribution is 2.40. The standard InChI is InChI=1S/C19H24BrNO5S/c1-4-5-8-26-17(22)6-7-21-19(23)18-13(11-20)12-9-14(24-2)15(25-3)10-16(12)27-18/h9-10H,4-8,11H2,1-3H3,(H,21,23). The van der Waals surface area contributed by atoms with Gasteiger partial charge in [-0.05, 0) is 18.1 Å². The van der Waals surface area contributed by atoms with Gasteiger partial charge in [-0.25, -0.2) is 0 Å². The number of thiophene rings is 1. The largest absolute Gasteiger partial charge is 0.493 e. The molecule has 0 fully saturated rings. The van der Waals surface area contributed by atoms with E-state index < -0.39 is 0 Å². The Morgan fingerprint density at radius 3 is 2.52 bits per heavy atom. The Morgan fingerprint density at radius 1 is 1.19 bits per heavy atom. The summed E-state index contributed by atoms with van der Waals surface area (Å²) in [5.41, 5.74) is 0.888. The number of hydrogen-bond donors (Lipinski definition) is 1. The molecule has 0 atom stereocenters. The van der Waals surface area contributed by atoms with E-state index in [0.29, 0.717) is 28.3 Å². The Kier molecular flexibility index (Phi) is 8.37. The number of carbonyl (C=O) groups excluding carboxylic acids is 2. The van der Waals surface area contributed by atoms with Gasteiger partial charge in [-0.1, -0.05) is 29.3 Å². The number of fused-ring (bicyclic) bond motifs is 1. The number of unbranched alkanes of at least 4 members (excludes halogenated alkanes) is 1. The zero-order valence-corrected chi connectivity index (χ0v) is 18.1. The van der Waals surface area contributed by atoms with Gasteiger partial charge in [-0.3, -0.25) is 9.59 Å².